The monoisotopic (exact) mass is 456 g/mol. The third-order valence-corrected chi connectivity index (χ3v) is 6.40. The van der Waals surface area contributed by atoms with Crippen LogP contribution in [0.5, 0.6) is 28.7 Å². The molecular formula is C28H24O6. The van der Waals surface area contributed by atoms with Gasteiger partial charge in [0.2, 0.25) is 0 Å². The molecule has 2 aliphatic carbocycles. The molecule has 0 saturated carbocycles. The highest BCUT2D eigenvalue weighted by Crippen LogP contribution is 2.58. The zero-order valence-electron chi connectivity index (χ0n) is 18.1. The molecule has 0 saturated heterocycles. The molecule has 34 heavy (non-hydrogen) atoms. The van der Waals surface area contributed by atoms with Gasteiger partial charge < -0.3 is 30.6 Å². The van der Waals surface area contributed by atoms with Crippen LogP contribution >= 0.6 is 0 Å². The molecule has 6 heteroatoms. The molecule has 0 amide bonds. The van der Waals surface area contributed by atoms with Gasteiger partial charge in [-0.1, -0.05) is 36.4 Å². The summed E-state index contributed by atoms with van der Waals surface area (Å²) >= 11 is 0. The first-order valence-corrected chi connectivity index (χ1v) is 11.0. The topological polar surface area (TPSA) is 121 Å². The van der Waals surface area contributed by atoms with Crippen LogP contribution in [0.1, 0.15) is 40.5 Å². The number of hydrogen-bond acceptors (Lipinski definition) is 6. The van der Waals surface area contributed by atoms with Crippen LogP contribution < -0.4 is 0 Å². The van der Waals surface area contributed by atoms with E-state index in [1.54, 1.807) is 48.5 Å². The molecule has 0 heterocycles. The van der Waals surface area contributed by atoms with E-state index in [1.165, 1.54) is 12.1 Å². The lowest BCUT2D eigenvalue weighted by Gasteiger charge is -2.24. The maximum atomic E-state index is 10.9. The van der Waals surface area contributed by atoms with Crippen molar-refractivity contribution in [2.45, 2.75) is 24.4 Å². The first-order chi connectivity index (χ1) is 16.3. The first kappa shape index (κ1) is 21.7. The van der Waals surface area contributed by atoms with Gasteiger partial charge in [0.1, 0.15) is 28.7 Å². The van der Waals surface area contributed by atoms with Crippen molar-refractivity contribution in [3.8, 4) is 28.7 Å². The van der Waals surface area contributed by atoms with Crippen LogP contribution in [0.3, 0.4) is 0 Å². The second-order valence-corrected chi connectivity index (χ2v) is 8.72. The van der Waals surface area contributed by atoms with Crippen molar-refractivity contribution >= 4 is 5.57 Å². The summed E-state index contributed by atoms with van der Waals surface area (Å²) in [6.07, 6.45) is 7.28. The number of phenolic OH excluding ortho intramolecular Hbond substituents is 5. The molecule has 0 aromatic heterocycles. The second-order valence-electron chi connectivity index (χ2n) is 8.72. The molecule has 0 radical (unpaired) electrons. The molecule has 3 aromatic rings. The molecule has 6 nitrogen and oxygen atoms in total. The zero-order chi connectivity index (χ0) is 24.0. The maximum Gasteiger partial charge on any atom is 0.123 e. The Kier molecular flexibility index (Phi) is 5.30. The van der Waals surface area contributed by atoms with E-state index in [2.05, 4.69) is 0 Å². The zero-order valence-corrected chi connectivity index (χ0v) is 18.1. The standard InChI is InChI=1S/C28H24O6/c29-18-5-1-15(2-6-18)9-23-24-13-22(33)14-25(34)28(24)27(16-3-7-19(30)8-4-16)26(23)17-10-20(31)12-21(32)11-17/h1-5,7-14,18,26-27,29-34H,6H2/b23-9-/t18?,26-,27+/m0/s1. The molecule has 6 N–H and O–H groups in total. The molecule has 0 spiro atoms. The van der Waals surface area contributed by atoms with Crippen LogP contribution in [-0.2, 0) is 0 Å². The Morgan fingerprint density at radius 2 is 1.38 bits per heavy atom. The number of benzene rings is 3. The number of rotatable bonds is 3. The lowest BCUT2D eigenvalue weighted by Crippen LogP contribution is -2.08. The summed E-state index contributed by atoms with van der Waals surface area (Å²) < 4.78 is 0. The highest BCUT2D eigenvalue weighted by Gasteiger charge is 2.41. The minimum Gasteiger partial charge on any atom is -0.508 e. The van der Waals surface area contributed by atoms with Crippen molar-refractivity contribution in [3.05, 3.63) is 107 Å². The van der Waals surface area contributed by atoms with Crippen molar-refractivity contribution in [2.75, 3.05) is 0 Å². The van der Waals surface area contributed by atoms with Gasteiger partial charge in [0.05, 0.1) is 6.10 Å². The van der Waals surface area contributed by atoms with Crippen LogP contribution in [0.4, 0.5) is 0 Å². The van der Waals surface area contributed by atoms with E-state index in [0.29, 0.717) is 23.1 Å². The highest BCUT2D eigenvalue weighted by molar-refractivity contribution is 5.86. The van der Waals surface area contributed by atoms with Gasteiger partial charge in [-0.3, -0.25) is 0 Å². The summed E-state index contributed by atoms with van der Waals surface area (Å²) in [5.41, 5.74) is 4.30. The van der Waals surface area contributed by atoms with Crippen LogP contribution in [-0.4, -0.2) is 36.7 Å². The van der Waals surface area contributed by atoms with E-state index in [1.807, 2.05) is 18.2 Å². The summed E-state index contributed by atoms with van der Waals surface area (Å²) in [6, 6.07) is 14.0. The van der Waals surface area contributed by atoms with Crippen molar-refractivity contribution in [2.24, 2.45) is 0 Å². The number of allylic oxidation sites excluding steroid dienone is 4. The molecule has 3 atom stereocenters. The molecule has 2 aliphatic rings. The summed E-state index contributed by atoms with van der Waals surface area (Å²) in [5.74, 6) is -1.11. The third kappa shape index (κ3) is 3.89. The Morgan fingerprint density at radius 3 is 2.03 bits per heavy atom. The minimum atomic E-state index is -0.547. The number of aliphatic hydroxyl groups excluding tert-OH is 1. The van der Waals surface area contributed by atoms with Gasteiger partial charge in [-0.05, 0) is 64.6 Å². The molecular weight excluding hydrogens is 432 g/mol. The van der Waals surface area contributed by atoms with Crippen molar-refractivity contribution in [1.82, 2.24) is 0 Å². The summed E-state index contributed by atoms with van der Waals surface area (Å²) in [7, 11) is 0. The number of fused-ring (bicyclic) bond motifs is 1. The van der Waals surface area contributed by atoms with E-state index >= 15 is 0 Å². The number of aromatic hydroxyl groups is 5. The summed E-state index contributed by atoms with van der Waals surface area (Å²) in [6.45, 7) is 0. The van der Waals surface area contributed by atoms with Crippen molar-refractivity contribution < 1.29 is 30.6 Å². The van der Waals surface area contributed by atoms with E-state index in [9.17, 15) is 30.6 Å². The third-order valence-electron chi connectivity index (χ3n) is 6.40. The molecule has 0 bridgehead atoms. The van der Waals surface area contributed by atoms with Crippen LogP contribution in [0, 0.1) is 0 Å². The number of hydrogen-bond donors (Lipinski definition) is 6. The second kappa shape index (κ2) is 8.32. The normalized spacial score (nSPS) is 22.6. The van der Waals surface area contributed by atoms with Gasteiger partial charge >= 0.3 is 0 Å². The summed E-state index contributed by atoms with van der Waals surface area (Å²) in [5, 5.41) is 61.4. The maximum absolute atomic E-state index is 10.9. The van der Waals surface area contributed by atoms with Crippen LogP contribution in [0.2, 0.25) is 0 Å². The van der Waals surface area contributed by atoms with Gasteiger partial charge in [0.15, 0.2) is 0 Å². The predicted octanol–water partition coefficient (Wildman–Crippen LogP) is 4.77. The van der Waals surface area contributed by atoms with Crippen LogP contribution in [0.15, 0.2) is 84.5 Å². The van der Waals surface area contributed by atoms with Gasteiger partial charge in [0, 0.05) is 29.5 Å². The SMILES string of the molecule is Oc1ccc([C@H]2c3c(O)cc(O)cc3/C(=C/C3=CCC(O)C=C3)[C@@H]2c2cc(O)cc(O)c2)cc1. The highest BCUT2D eigenvalue weighted by atomic mass is 16.3. The largest absolute Gasteiger partial charge is 0.508 e. The fraction of sp³-hybridized carbons (Fsp3) is 0.143. The minimum absolute atomic E-state index is 0.0746. The first-order valence-electron chi connectivity index (χ1n) is 11.0. The molecule has 0 aliphatic heterocycles. The number of aliphatic hydroxyl groups is 1. The molecule has 1 unspecified atom stereocenters. The van der Waals surface area contributed by atoms with E-state index in [0.717, 1.165) is 16.7 Å². The molecule has 0 fully saturated rings. The Bertz CT molecular complexity index is 1330. The Morgan fingerprint density at radius 1 is 0.706 bits per heavy atom. The van der Waals surface area contributed by atoms with E-state index in [4.69, 9.17) is 0 Å². The van der Waals surface area contributed by atoms with Crippen molar-refractivity contribution in [1.29, 1.82) is 0 Å². The average Bonchev–Trinajstić information content (AvgIpc) is 3.09. The Balaban J connectivity index is 1.79. The fourth-order valence-corrected chi connectivity index (χ4v) is 4.99. The summed E-state index contributed by atoms with van der Waals surface area (Å²) in [4.78, 5) is 0. The Hall–Kier alpha value is -4.16. The van der Waals surface area contributed by atoms with E-state index < -0.39 is 17.9 Å². The van der Waals surface area contributed by atoms with Gasteiger partial charge in [0.25, 0.3) is 0 Å². The molecule has 172 valence electrons. The lowest BCUT2D eigenvalue weighted by molar-refractivity contribution is 0.225. The average molecular weight is 456 g/mol. The van der Waals surface area contributed by atoms with Crippen LogP contribution in [0.25, 0.3) is 5.57 Å². The number of phenols is 5. The predicted molar refractivity (Wildman–Crippen MR) is 128 cm³/mol. The van der Waals surface area contributed by atoms with Gasteiger partial charge in [-0.2, -0.15) is 0 Å². The Labute approximate surface area is 196 Å². The molecule has 5 rings (SSSR count). The fourth-order valence-electron chi connectivity index (χ4n) is 4.99. The smallest absolute Gasteiger partial charge is 0.123 e. The lowest BCUT2D eigenvalue weighted by atomic mass is 9.79. The van der Waals surface area contributed by atoms with Gasteiger partial charge in [-0.25, -0.2) is 0 Å². The quantitative estimate of drug-likeness (QED) is 0.338. The van der Waals surface area contributed by atoms with E-state index in [-0.39, 0.29) is 28.7 Å². The molecule has 3 aromatic carbocycles. The van der Waals surface area contributed by atoms with Crippen molar-refractivity contribution in [3.63, 3.8) is 0 Å². The van der Waals surface area contributed by atoms with Gasteiger partial charge in [-0.15, -0.1) is 0 Å².